The van der Waals surface area contributed by atoms with Crippen molar-refractivity contribution in [2.24, 2.45) is 0 Å². The van der Waals surface area contributed by atoms with Crippen molar-refractivity contribution in [2.45, 2.75) is 0 Å². The van der Waals surface area contributed by atoms with Gasteiger partial charge >= 0.3 is 0 Å². The minimum absolute atomic E-state index is 0.563. The third-order valence-electron chi connectivity index (χ3n) is 4.30. The van der Waals surface area contributed by atoms with Gasteiger partial charge in [0.1, 0.15) is 0 Å². The maximum Gasteiger partial charge on any atom is 0.0515 e. The Bertz CT molecular complexity index is 861. The molecular formula is C22H21N3. The van der Waals surface area contributed by atoms with E-state index in [1.54, 1.807) is 18.2 Å². The second-order valence-corrected chi connectivity index (χ2v) is 5.87. The third kappa shape index (κ3) is 3.00. The van der Waals surface area contributed by atoms with E-state index >= 15 is 0 Å². The van der Waals surface area contributed by atoms with Gasteiger partial charge in [0, 0.05) is 22.5 Å². The van der Waals surface area contributed by atoms with Crippen LogP contribution in [0.4, 0.5) is 17.1 Å². The van der Waals surface area contributed by atoms with E-state index in [-0.39, 0.29) is 0 Å². The highest BCUT2D eigenvalue weighted by atomic mass is 14.7. The lowest BCUT2D eigenvalue weighted by atomic mass is 9.92. The lowest BCUT2D eigenvalue weighted by Gasteiger charge is -2.17. The molecular weight excluding hydrogens is 306 g/mol. The quantitative estimate of drug-likeness (QED) is 0.586. The van der Waals surface area contributed by atoms with Gasteiger partial charge in [0.25, 0.3) is 0 Å². The maximum absolute atomic E-state index is 6.49. The van der Waals surface area contributed by atoms with E-state index in [1.807, 2.05) is 48.5 Å². The molecule has 0 fully saturated rings. The summed E-state index contributed by atoms with van der Waals surface area (Å²) in [7, 11) is 0. The summed E-state index contributed by atoms with van der Waals surface area (Å²) in [5.74, 6) is 0. The minimum Gasteiger partial charge on any atom is -0.398 e. The lowest BCUT2D eigenvalue weighted by molar-refractivity contribution is 1.56. The fraction of sp³-hybridized carbons (Fsp3) is 0. The van der Waals surface area contributed by atoms with E-state index in [2.05, 4.69) is 13.2 Å². The van der Waals surface area contributed by atoms with E-state index < -0.39 is 0 Å². The summed E-state index contributed by atoms with van der Waals surface area (Å²) in [5, 5.41) is 0. The summed E-state index contributed by atoms with van der Waals surface area (Å²) in [6.07, 6.45) is 3.60. The number of rotatable bonds is 4. The molecule has 0 amide bonds. The average molecular weight is 327 g/mol. The molecule has 3 aromatic carbocycles. The first-order valence-electron chi connectivity index (χ1n) is 7.98. The molecule has 3 rings (SSSR count). The Kier molecular flexibility index (Phi) is 4.31. The topological polar surface area (TPSA) is 78.1 Å². The largest absolute Gasteiger partial charge is 0.398 e. The van der Waals surface area contributed by atoms with Crippen molar-refractivity contribution in [1.29, 1.82) is 0 Å². The van der Waals surface area contributed by atoms with Gasteiger partial charge in [-0.3, -0.25) is 0 Å². The number of anilines is 3. The van der Waals surface area contributed by atoms with Gasteiger partial charge in [0.2, 0.25) is 0 Å². The van der Waals surface area contributed by atoms with Gasteiger partial charge in [-0.1, -0.05) is 73.8 Å². The fourth-order valence-corrected chi connectivity index (χ4v) is 2.96. The minimum atomic E-state index is 0.563. The average Bonchev–Trinajstić information content (AvgIpc) is 2.62. The molecule has 0 saturated carbocycles. The van der Waals surface area contributed by atoms with Crippen LogP contribution in [0, 0.1) is 0 Å². The molecule has 6 N–H and O–H groups in total. The molecule has 0 heterocycles. The van der Waals surface area contributed by atoms with Crippen LogP contribution in [-0.2, 0) is 0 Å². The van der Waals surface area contributed by atoms with Crippen molar-refractivity contribution in [3.05, 3.63) is 78.9 Å². The zero-order valence-corrected chi connectivity index (χ0v) is 14.0. The van der Waals surface area contributed by atoms with Gasteiger partial charge in [0.05, 0.1) is 5.69 Å². The number of nitrogen functional groups attached to an aromatic ring is 3. The molecule has 3 nitrogen and oxygen atoms in total. The molecule has 0 aliphatic heterocycles. The summed E-state index contributed by atoms with van der Waals surface area (Å²) < 4.78 is 0. The van der Waals surface area contributed by atoms with Crippen molar-refractivity contribution >= 4 is 29.2 Å². The molecule has 0 saturated heterocycles. The van der Waals surface area contributed by atoms with Crippen LogP contribution in [0.5, 0.6) is 0 Å². The van der Waals surface area contributed by atoms with Crippen LogP contribution in [0.15, 0.2) is 67.8 Å². The van der Waals surface area contributed by atoms with Crippen molar-refractivity contribution in [1.82, 2.24) is 0 Å². The maximum atomic E-state index is 6.49. The SMILES string of the molecule is C=Cc1ccc(-c2c(N)cc(N)c(-c3ccc(C=C)cc3)c2N)cc1. The zero-order valence-electron chi connectivity index (χ0n) is 14.0. The van der Waals surface area contributed by atoms with E-state index in [9.17, 15) is 0 Å². The number of hydrogen-bond donors (Lipinski definition) is 3. The fourth-order valence-electron chi connectivity index (χ4n) is 2.96. The first-order chi connectivity index (χ1) is 12.0. The van der Waals surface area contributed by atoms with Gasteiger partial charge in [-0.05, 0) is 28.3 Å². The van der Waals surface area contributed by atoms with Gasteiger partial charge in [-0.2, -0.15) is 0 Å². The summed E-state index contributed by atoms with van der Waals surface area (Å²) in [6, 6.07) is 17.6. The van der Waals surface area contributed by atoms with Crippen LogP contribution in [0.2, 0.25) is 0 Å². The molecule has 0 spiro atoms. The Morgan fingerprint density at radius 3 is 1.28 bits per heavy atom. The molecule has 0 aliphatic rings. The van der Waals surface area contributed by atoms with Crippen molar-refractivity contribution in [2.75, 3.05) is 17.2 Å². The molecule has 25 heavy (non-hydrogen) atoms. The second kappa shape index (κ2) is 6.57. The monoisotopic (exact) mass is 327 g/mol. The van der Waals surface area contributed by atoms with Gasteiger partial charge in [-0.15, -0.1) is 0 Å². The van der Waals surface area contributed by atoms with Crippen LogP contribution in [0.25, 0.3) is 34.4 Å². The van der Waals surface area contributed by atoms with E-state index in [0.29, 0.717) is 17.1 Å². The van der Waals surface area contributed by atoms with E-state index in [4.69, 9.17) is 17.2 Å². The highest BCUT2D eigenvalue weighted by molar-refractivity contribution is 6.01. The standard InChI is InChI=1S/C22H21N3/c1-3-14-5-9-16(10-6-14)20-18(23)13-19(24)21(22(20)25)17-11-7-15(4-2)8-12-17/h3-13H,1-2,23-25H2. The highest BCUT2D eigenvalue weighted by Gasteiger charge is 2.16. The Balaban J connectivity index is 2.19. The normalized spacial score (nSPS) is 10.4. The highest BCUT2D eigenvalue weighted by Crippen LogP contribution is 2.42. The zero-order chi connectivity index (χ0) is 18.0. The molecule has 0 unspecified atom stereocenters. The molecule has 3 aromatic rings. The first kappa shape index (κ1) is 16.4. The van der Waals surface area contributed by atoms with E-state index in [0.717, 1.165) is 33.4 Å². The van der Waals surface area contributed by atoms with Crippen LogP contribution >= 0.6 is 0 Å². The second-order valence-electron chi connectivity index (χ2n) is 5.87. The van der Waals surface area contributed by atoms with E-state index in [1.165, 1.54) is 0 Å². The van der Waals surface area contributed by atoms with Gasteiger partial charge in [-0.25, -0.2) is 0 Å². The lowest BCUT2D eigenvalue weighted by Crippen LogP contribution is -2.03. The summed E-state index contributed by atoms with van der Waals surface area (Å²) in [4.78, 5) is 0. The Morgan fingerprint density at radius 2 is 0.960 bits per heavy atom. The molecule has 0 aromatic heterocycles. The predicted molar refractivity (Wildman–Crippen MR) is 111 cm³/mol. The smallest absolute Gasteiger partial charge is 0.0515 e. The van der Waals surface area contributed by atoms with Crippen molar-refractivity contribution < 1.29 is 0 Å². The molecule has 0 bridgehead atoms. The summed E-state index contributed by atoms with van der Waals surface area (Å²) in [5.41, 5.74) is 26.2. The molecule has 124 valence electrons. The number of benzene rings is 3. The predicted octanol–water partition coefficient (Wildman–Crippen LogP) is 5.05. The summed E-state index contributed by atoms with van der Waals surface area (Å²) >= 11 is 0. The van der Waals surface area contributed by atoms with Crippen LogP contribution in [0.1, 0.15) is 11.1 Å². The molecule has 3 heteroatoms. The molecule has 0 aliphatic carbocycles. The van der Waals surface area contributed by atoms with Crippen LogP contribution in [0.3, 0.4) is 0 Å². The number of hydrogen-bond acceptors (Lipinski definition) is 3. The first-order valence-corrected chi connectivity index (χ1v) is 7.98. The van der Waals surface area contributed by atoms with Gasteiger partial charge in [0.15, 0.2) is 0 Å². The van der Waals surface area contributed by atoms with Crippen molar-refractivity contribution in [3.8, 4) is 22.3 Å². The molecule has 0 radical (unpaired) electrons. The van der Waals surface area contributed by atoms with Gasteiger partial charge < -0.3 is 17.2 Å². The van der Waals surface area contributed by atoms with Crippen LogP contribution < -0.4 is 17.2 Å². The Hall–Kier alpha value is -3.46. The van der Waals surface area contributed by atoms with Crippen molar-refractivity contribution in [3.63, 3.8) is 0 Å². The molecule has 0 atom stereocenters. The third-order valence-corrected chi connectivity index (χ3v) is 4.30. The number of nitrogens with two attached hydrogens (primary N) is 3. The Labute approximate surface area is 148 Å². The van der Waals surface area contributed by atoms with Crippen LogP contribution in [-0.4, -0.2) is 0 Å². The Morgan fingerprint density at radius 1 is 0.600 bits per heavy atom. The summed E-state index contributed by atoms with van der Waals surface area (Å²) in [6.45, 7) is 7.55.